The van der Waals surface area contributed by atoms with E-state index in [2.05, 4.69) is 16.0 Å². The lowest BCUT2D eigenvalue weighted by atomic mass is 10.0. The molecule has 0 aliphatic heterocycles. The van der Waals surface area contributed by atoms with Crippen LogP contribution in [0.3, 0.4) is 0 Å². The van der Waals surface area contributed by atoms with E-state index in [-0.39, 0.29) is 12.8 Å². The summed E-state index contributed by atoms with van der Waals surface area (Å²) in [5.74, 6) is -4.85. The number of carboxylic acids is 1. The molecule has 4 amide bonds. The molecule has 12 nitrogen and oxygen atoms in total. The van der Waals surface area contributed by atoms with Crippen molar-refractivity contribution in [3.8, 4) is 0 Å². The molecule has 12 heteroatoms. The van der Waals surface area contributed by atoms with Crippen LogP contribution in [0.4, 0.5) is 0 Å². The van der Waals surface area contributed by atoms with Crippen LogP contribution in [0.1, 0.15) is 26.7 Å². The zero-order valence-corrected chi connectivity index (χ0v) is 15.2. The van der Waals surface area contributed by atoms with E-state index in [1.54, 1.807) is 13.8 Å². The average Bonchev–Trinajstić information content (AvgIpc) is 2.59. The number of rotatable bonds is 12. The number of carbonyl (C=O) groups is 5. The largest absolute Gasteiger partial charge is 0.480 e. The first-order valence-corrected chi connectivity index (χ1v) is 8.25. The predicted octanol–water partition coefficient (Wildman–Crippen LogP) is -3.60. The molecule has 9 N–H and O–H groups in total. The van der Waals surface area contributed by atoms with Crippen molar-refractivity contribution in [2.24, 2.45) is 17.4 Å². The molecule has 0 bridgehead atoms. The summed E-state index contributed by atoms with van der Waals surface area (Å²) >= 11 is 0. The Morgan fingerprint density at radius 2 is 1.52 bits per heavy atom. The number of primary amides is 1. The van der Waals surface area contributed by atoms with Crippen LogP contribution in [0, 0.1) is 5.92 Å². The molecule has 0 spiro atoms. The fourth-order valence-corrected chi connectivity index (χ4v) is 2.04. The van der Waals surface area contributed by atoms with Gasteiger partial charge in [0.2, 0.25) is 23.6 Å². The molecule has 0 aromatic carbocycles. The van der Waals surface area contributed by atoms with Crippen LogP contribution in [0.15, 0.2) is 0 Å². The Kier molecular flexibility index (Phi) is 10.6. The maximum atomic E-state index is 12.3. The second kappa shape index (κ2) is 11.8. The van der Waals surface area contributed by atoms with Crippen molar-refractivity contribution in [2.75, 3.05) is 13.2 Å². The molecular weight excluding hydrogens is 362 g/mol. The lowest BCUT2D eigenvalue weighted by molar-refractivity contribution is -0.143. The number of amides is 4. The maximum Gasteiger partial charge on any atom is 0.326 e. The zero-order chi connectivity index (χ0) is 21.1. The number of carbonyl (C=O) groups excluding carboxylic acids is 4. The van der Waals surface area contributed by atoms with Crippen LogP contribution < -0.4 is 27.4 Å². The van der Waals surface area contributed by atoms with Gasteiger partial charge in [0.15, 0.2) is 0 Å². The van der Waals surface area contributed by atoms with Gasteiger partial charge in [-0.2, -0.15) is 0 Å². The van der Waals surface area contributed by atoms with E-state index in [4.69, 9.17) is 16.6 Å². The van der Waals surface area contributed by atoms with E-state index in [9.17, 15) is 29.1 Å². The fraction of sp³-hybridized carbons (Fsp3) is 0.667. The summed E-state index contributed by atoms with van der Waals surface area (Å²) in [4.78, 5) is 58.0. The Morgan fingerprint density at radius 1 is 0.963 bits per heavy atom. The first kappa shape index (κ1) is 24.3. The van der Waals surface area contributed by atoms with E-state index in [0.717, 1.165) is 0 Å². The average molecular weight is 389 g/mol. The Balaban J connectivity index is 5.10. The third-order valence-electron chi connectivity index (χ3n) is 3.56. The molecule has 0 aromatic heterocycles. The first-order chi connectivity index (χ1) is 12.5. The Labute approximate surface area is 156 Å². The third-order valence-corrected chi connectivity index (χ3v) is 3.56. The van der Waals surface area contributed by atoms with E-state index < -0.39 is 66.8 Å². The number of carboxylic acid groups (broad SMARTS) is 1. The smallest absolute Gasteiger partial charge is 0.326 e. The lowest BCUT2D eigenvalue weighted by Gasteiger charge is -2.24. The number of aliphatic hydroxyl groups is 1. The Hall–Kier alpha value is -2.73. The van der Waals surface area contributed by atoms with Gasteiger partial charge in [-0.25, -0.2) is 4.79 Å². The van der Waals surface area contributed by atoms with E-state index in [0.29, 0.717) is 0 Å². The number of nitrogens with two attached hydrogens (primary N) is 2. The summed E-state index contributed by atoms with van der Waals surface area (Å²) in [7, 11) is 0. The molecule has 154 valence electrons. The van der Waals surface area contributed by atoms with Gasteiger partial charge in [0.05, 0.1) is 13.2 Å². The summed E-state index contributed by atoms with van der Waals surface area (Å²) in [6, 6.07) is -3.88. The molecular formula is C15H27N5O7. The molecule has 27 heavy (non-hydrogen) atoms. The van der Waals surface area contributed by atoms with Gasteiger partial charge in [-0.1, -0.05) is 13.8 Å². The molecule has 0 rings (SSSR count). The molecule has 3 atom stereocenters. The highest BCUT2D eigenvalue weighted by Crippen LogP contribution is 2.03. The molecule has 0 radical (unpaired) electrons. The number of aliphatic hydroxyl groups excluding tert-OH is 1. The first-order valence-electron chi connectivity index (χ1n) is 8.25. The van der Waals surface area contributed by atoms with Gasteiger partial charge in [-0.3, -0.25) is 19.2 Å². The van der Waals surface area contributed by atoms with Crippen molar-refractivity contribution < 1.29 is 34.2 Å². The highest BCUT2D eigenvalue weighted by Gasteiger charge is 2.30. The highest BCUT2D eigenvalue weighted by atomic mass is 16.4. The van der Waals surface area contributed by atoms with Crippen molar-refractivity contribution in [1.29, 1.82) is 0 Å². The maximum absolute atomic E-state index is 12.3. The van der Waals surface area contributed by atoms with Gasteiger partial charge in [-0.15, -0.1) is 0 Å². The van der Waals surface area contributed by atoms with E-state index in [1.807, 2.05) is 0 Å². The minimum Gasteiger partial charge on any atom is -0.480 e. The second-order valence-corrected chi connectivity index (χ2v) is 6.14. The van der Waals surface area contributed by atoms with Crippen molar-refractivity contribution >= 4 is 29.6 Å². The molecule has 0 saturated carbocycles. The number of hydrogen-bond acceptors (Lipinski definition) is 7. The van der Waals surface area contributed by atoms with Crippen molar-refractivity contribution in [2.45, 2.75) is 44.8 Å². The van der Waals surface area contributed by atoms with Crippen molar-refractivity contribution in [3.63, 3.8) is 0 Å². The summed E-state index contributed by atoms with van der Waals surface area (Å²) in [5, 5.41) is 25.2. The number of hydrogen-bond donors (Lipinski definition) is 7. The molecule has 0 aliphatic carbocycles. The quantitative estimate of drug-likeness (QED) is 0.176. The minimum absolute atomic E-state index is 0.142. The monoisotopic (exact) mass is 389 g/mol. The second-order valence-electron chi connectivity index (χ2n) is 6.14. The summed E-state index contributed by atoms with van der Waals surface area (Å²) in [6.07, 6.45) is -0.357. The predicted molar refractivity (Wildman–Crippen MR) is 92.8 cm³/mol. The third kappa shape index (κ3) is 8.96. The van der Waals surface area contributed by atoms with Gasteiger partial charge in [-0.05, 0) is 12.3 Å². The van der Waals surface area contributed by atoms with Crippen LogP contribution >= 0.6 is 0 Å². The molecule has 0 saturated heterocycles. The van der Waals surface area contributed by atoms with Crippen LogP contribution in [0.25, 0.3) is 0 Å². The highest BCUT2D eigenvalue weighted by molar-refractivity contribution is 5.93. The van der Waals surface area contributed by atoms with Crippen LogP contribution in [-0.2, 0) is 24.0 Å². The number of nitrogens with one attached hydrogen (secondary N) is 3. The number of aliphatic carboxylic acids is 1. The summed E-state index contributed by atoms with van der Waals surface area (Å²) < 4.78 is 0. The Bertz CT molecular complexity index is 567. The molecule has 0 heterocycles. The van der Waals surface area contributed by atoms with Gasteiger partial charge in [0.1, 0.15) is 18.1 Å². The zero-order valence-electron chi connectivity index (χ0n) is 15.2. The normalized spacial score (nSPS) is 14.0. The van der Waals surface area contributed by atoms with Crippen molar-refractivity contribution in [3.05, 3.63) is 0 Å². The van der Waals surface area contributed by atoms with E-state index in [1.165, 1.54) is 0 Å². The lowest BCUT2D eigenvalue weighted by Crippen LogP contribution is -2.58. The fourth-order valence-electron chi connectivity index (χ4n) is 2.04. The van der Waals surface area contributed by atoms with Gasteiger partial charge in [0.25, 0.3) is 0 Å². The summed E-state index contributed by atoms with van der Waals surface area (Å²) in [6.45, 7) is 1.94. The van der Waals surface area contributed by atoms with Crippen LogP contribution in [0.5, 0.6) is 0 Å². The van der Waals surface area contributed by atoms with Crippen LogP contribution in [0.2, 0.25) is 0 Å². The van der Waals surface area contributed by atoms with E-state index >= 15 is 0 Å². The van der Waals surface area contributed by atoms with Gasteiger partial charge in [0, 0.05) is 6.42 Å². The molecule has 0 aromatic rings. The summed E-state index contributed by atoms with van der Waals surface area (Å²) in [5.41, 5.74) is 10.2. The standard InChI is InChI=1S/C15H27N5O7/c1-7(2)12(15(26)27)20-14(25)9(6-21)19-13(24)8(3-4-10(17)22)18-11(23)5-16/h7-9,12,21H,3-6,16H2,1-2H3,(H2,17,22)(H,18,23)(H,19,24)(H,20,25)(H,26,27). The minimum atomic E-state index is -1.45. The SMILES string of the molecule is CC(C)C(NC(=O)C(CO)NC(=O)C(CCC(N)=O)NC(=O)CN)C(=O)O. The topological polar surface area (TPSA) is 214 Å². The Morgan fingerprint density at radius 3 is 1.93 bits per heavy atom. The van der Waals surface area contributed by atoms with Gasteiger partial charge >= 0.3 is 5.97 Å². The molecule has 0 fully saturated rings. The molecule has 3 unspecified atom stereocenters. The molecule has 0 aliphatic rings. The van der Waals surface area contributed by atoms with Crippen molar-refractivity contribution in [1.82, 2.24) is 16.0 Å². The van der Waals surface area contributed by atoms with Gasteiger partial charge < -0.3 is 37.6 Å². The van der Waals surface area contributed by atoms with Crippen LogP contribution in [-0.4, -0.2) is 71.1 Å².